The summed E-state index contributed by atoms with van der Waals surface area (Å²) in [6.45, 7) is 2.65. The van der Waals surface area contributed by atoms with Gasteiger partial charge in [-0.25, -0.2) is 0 Å². The van der Waals surface area contributed by atoms with E-state index in [9.17, 15) is 0 Å². The van der Waals surface area contributed by atoms with Crippen molar-refractivity contribution in [1.29, 1.82) is 0 Å². The Labute approximate surface area is 107 Å². The lowest BCUT2D eigenvalue weighted by molar-refractivity contribution is 0.0407. The number of benzene rings is 1. The monoisotopic (exact) mass is 254 g/mol. The number of anilines is 1. The van der Waals surface area contributed by atoms with Gasteiger partial charge in [-0.3, -0.25) is 4.90 Å². The molecule has 1 aromatic carbocycles. The summed E-state index contributed by atoms with van der Waals surface area (Å²) in [4.78, 5) is 2.37. The summed E-state index contributed by atoms with van der Waals surface area (Å²) in [6, 6.07) is 6.47. The highest BCUT2D eigenvalue weighted by Gasteiger charge is 2.18. The first kappa shape index (κ1) is 12.7. The van der Waals surface area contributed by atoms with Gasteiger partial charge in [-0.1, -0.05) is 17.7 Å². The zero-order valence-corrected chi connectivity index (χ0v) is 10.9. The summed E-state index contributed by atoms with van der Waals surface area (Å²) in [7, 11) is 2.15. The number of nitrogen functional groups attached to an aromatic ring is 1. The third-order valence-corrected chi connectivity index (χ3v) is 3.64. The standard InChI is InChI=1S/C13H19ClN2O/c1-16(11-4-6-17-7-5-11)9-10-2-3-13(15)12(14)8-10/h2-3,8,11H,4-7,9,15H2,1H3. The average Bonchev–Trinajstić information content (AvgIpc) is 2.35. The molecule has 2 rings (SSSR count). The summed E-state index contributed by atoms with van der Waals surface area (Å²) >= 11 is 6.02. The van der Waals surface area contributed by atoms with Crippen LogP contribution in [0.1, 0.15) is 18.4 Å². The topological polar surface area (TPSA) is 38.5 Å². The lowest BCUT2D eigenvalue weighted by atomic mass is 10.1. The molecular weight excluding hydrogens is 236 g/mol. The van der Waals surface area contributed by atoms with Gasteiger partial charge in [0.25, 0.3) is 0 Å². The van der Waals surface area contributed by atoms with Gasteiger partial charge >= 0.3 is 0 Å². The third kappa shape index (κ3) is 3.35. The fraction of sp³-hybridized carbons (Fsp3) is 0.538. The lowest BCUT2D eigenvalue weighted by Crippen LogP contribution is -2.36. The van der Waals surface area contributed by atoms with E-state index in [0.29, 0.717) is 16.8 Å². The van der Waals surface area contributed by atoms with Gasteiger partial charge in [0.2, 0.25) is 0 Å². The molecule has 94 valence electrons. The summed E-state index contributed by atoms with van der Waals surface area (Å²) in [5.41, 5.74) is 7.55. The number of hydrogen-bond donors (Lipinski definition) is 1. The number of rotatable bonds is 3. The van der Waals surface area contributed by atoms with Crippen LogP contribution in [0.25, 0.3) is 0 Å². The van der Waals surface area contributed by atoms with E-state index in [-0.39, 0.29) is 0 Å². The van der Waals surface area contributed by atoms with Crippen molar-refractivity contribution in [1.82, 2.24) is 4.90 Å². The molecule has 1 saturated heterocycles. The van der Waals surface area contributed by atoms with Crippen LogP contribution in [0.4, 0.5) is 5.69 Å². The Morgan fingerprint density at radius 1 is 1.41 bits per heavy atom. The van der Waals surface area contributed by atoms with Gasteiger partial charge < -0.3 is 10.5 Å². The molecule has 3 nitrogen and oxygen atoms in total. The van der Waals surface area contributed by atoms with Gasteiger partial charge in [0, 0.05) is 25.8 Å². The van der Waals surface area contributed by atoms with Crippen LogP contribution in [-0.2, 0) is 11.3 Å². The minimum absolute atomic E-state index is 0.611. The van der Waals surface area contributed by atoms with Crippen molar-refractivity contribution in [2.45, 2.75) is 25.4 Å². The Hall–Kier alpha value is -0.770. The summed E-state index contributed by atoms with van der Waals surface area (Å²) < 4.78 is 5.37. The molecule has 4 heteroatoms. The molecule has 0 radical (unpaired) electrons. The Balaban J connectivity index is 1.96. The molecule has 0 amide bonds. The van der Waals surface area contributed by atoms with Crippen LogP contribution in [0.15, 0.2) is 18.2 Å². The van der Waals surface area contributed by atoms with Crippen LogP contribution in [0, 0.1) is 0 Å². The van der Waals surface area contributed by atoms with Gasteiger partial charge in [-0.05, 0) is 37.6 Å². The van der Waals surface area contributed by atoms with E-state index in [1.165, 1.54) is 5.56 Å². The average molecular weight is 255 g/mol. The number of halogens is 1. The van der Waals surface area contributed by atoms with Crippen molar-refractivity contribution < 1.29 is 4.74 Å². The number of hydrogen-bond acceptors (Lipinski definition) is 3. The van der Waals surface area contributed by atoms with Gasteiger partial charge in [-0.15, -0.1) is 0 Å². The molecule has 0 saturated carbocycles. The van der Waals surface area contributed by atoms with E-state index in [1.807, 2.05) is 18.2 Å². The Morgan fingerprint density at radius 2 is 2.12 bits per heavy atom. The van der Waals surface area contributed by atoms with Crippen LogP contribution >= 0.6 is 11.6 Å². The molecular formula is C13H19ClN2O. The highest BCUT2D eigenvalue weighted by Crippen LogP contribution is 2.22. The van der Waals surface area contributed by atoms with Gasteiger partial charge in [-0.2, -0.15) is 0 Å². The minimum Gasteiger partial charge on any atom is -0.398 e. The predicted molar refractivity (Wildman–Crippen MR) is 71.2 cm³/mol. The maximum atomic E-state index is 6.02. The first-order valence-corrected chi connectivity index (χ1v) is 6.36. The number of nitrogens with two attached hydrogens (primary N) is 1. The SMILES string of the molecule is CN(Cc1ccc(N)c(Cl)c1)C1CCOCC1. The predicted octanol–water partition coefficient (Wildman–Crippen LogP) is 2.53. The van der Waals surface area contributed by atoms with Crippen molar-refractivity contribution in [3.8, 4) is 0 Å². The Morgan fingerprint density at radius 3 is 2.76 bits per heavy atom. The van der Waals surface area contributed by atoms with E-state index in [0.717, 1.165) is 32.6 Å². The van der Waals surface area contributed by atoms with Gasteiger partial charge in [0.1, 0.15) is 0 Å². The van der Waals surface area contributed by atoms with Crippen molar-refractivity contribution in [3.63, 3.8) is 0 Å². The molecule has 1 aromatic rings. The van der Waals surface area contributed by atoms with Crippen LogP contribution in [-0.4, -0.2) is 31.2 Å². The zero-order valence-electron chi connectivity index (χ0n) is 10.2. The van der Waals surface area contributed by atoms with E-state index in [4.69, 9.17) is 22.1 Å². The minimum atomic E-state index is 0.611. The first-order valence-electron chi connectivity index (χ1n) is 5.98. The number of nitrogens with zero attached hydrogens (tertiary/aromatic N) is 1. The highest BCUT2D eigenvalue weighted by atomic mass is 35.5. The molecule has 1 aliphatic rings. The first-order chi connectivity index (χ1) is 8.16. The molecule has 2 N–H and O–H groups in total. The maximum absolute atomic E-state index is 6.02. The van der Waals surface area contributed by atoms with E-state index in [1.54, 1.807) is 0 Å². The molecule has 0 aromatic heterocycles. The van der Waals surface area contributed by atoms with Gasteiger partial charge in [0.15, 0.2) is 0 Å². The van der Waals surface area contributed by atoms with Gasteiger partial charge in [0.05, 0.1) is 10.7 Å². The Kier molecular flexibility index (Phi) is 4.26. The molecule has 17 heavy (non-hydrogen) atoms. The largest absolute Gasteiger partial charge is 0.398 e. The molecule has 1 fully saturated rings. The summed E-state index contributed by atoms with van der Waals surface area (Å²) in [5.74, 6) is 0. The summed E-state index contributed by atoms with van der Waals surface area (Å²) in [5, 5.41) is 0.642. The van der Waals surface area contributed by atoms with Crippen molar-refractivity contribution in [2.75, 3.05) is 26.0 Å². The van der Waals surface area contributed by atoms with Crippen molar-refractivity contribution in [3.05, 3.63) is 28.8 Å². The maximum Gasteiger partial charge on any atom is 0.0638 e. The normalized spacial score (nSPS) is 17.6. The second-order valence-electron chi connectivity index (χ2n) is 4.61. The van der Waals surface area contributed by atoms with Crippen LogP contribution in [0.3, 0.4) is 0 Å². The second kappa shape index (κ2) is 5.71. The van der Waals surface area contributed by atoms with Crippen LogP contribution < -0.4 is 5.73 Å². The number of ether oxygens (including phenoxy) is 1. The summed E-state index contributed by atoms with van der Waals surface area (Å²) in [6.07, 6.45) is 2.22. The fourth-order valence-electron chi connectivity index (χ4n) is 2.21. The second-order valence-corrected chi connectivity index (χ2v) is 5.02. The quantitative estimate of drug-likeness (QED) is 0.843. The molecule has 0 atom stereocenters. The fourth-order valence-corrected chi connectivity index (χ4v) is 2.42. The molecule has 1 aliphatic heterocycles. The van der Waals surface area contributed by atoms with E-state index < -0.39 is 0 Å². The highest BCUT2D eigenvalue weighted by molar-refractivity contribution is 6.33. The van der Waals surface area contributed by atoms with Crippen LogP contribution in [0.2, 0.25) is 5.02 Å². The molecule has 0 aliphatic carbocycles. The van der Waals surface area contributed by atoms with E-state index in [2.05, 4.69) is 11.9 Å². The third-order valence-electron chi connectivity index (χ3n) is 3.31. The smallest absolute Gasteiger partial charge is 0.0638 e. The lowest BCUT2D eigenvalue weighted by Gasteiger charge is -2.31. The van der Waals surface area contributed by atoms with E-state index >= 15 is 0 Å². The van der Waals surface area contributed by atoms with Crippen molar-refractivity contribution in [2.24, 2.45) is 0 Å². The Bertz CT molecular complexity index is 378. The van der Waals surface area contributed by atoms with Crippen molar-refractivity contribution >= 4 is 17.3 Å². The zero-order chi connectivity index (χ0) is 12.3. The molecule has 1 heterocycles. The molecule has 0 spiro atoms. The molecule has 0 unspecified atom stereocenters. The van der Waals surface area contributed by atoms with Crippen LogP contribution in [0.5, 0.6) is 0 Å². The molecule has 0 bridgehead atoms.